The van der Waals surface area contributed by atoms with E-state index in [1.54, 1.807) is 63.2 Å². The molecule has 178 valence electrons. The Morgan fingerprint density at radius 1 is 1.12 bits per heavy atom. The molecule has 0 saturated heterocycles. The van der Waals surface area contributed by atoms with Gasteiger partial charge in [0, 0.05) is 25.7 Å². The number of hydrogen-bond acceptors (Lipinski definition) is 6. The summed E-state index contributed by atoms with van der Waals surface area (Å²) in [6.45, 7) is 7.53. The van der Waals surface area contributed by atoms with E-state index in [2.05, 4.69) is 5.32 Å². The number of aldehydes is 1. The summed E-state index contributed by atoms with van der Waals surface area (Å²) in [4.78, 5) is 25.3. The molecule has 0 spiro atoms. The number of hydrogen-bond donors (Lipinski definition) is 2. The van der Waals surface area contributed by atoms with Crippen LogP contribution in [0.5, 0.6) is 11.5 Å². The number of nitrogens with one attached hydrogen (secondary N) is 1. The highest BCUT2D eigenvalue weighted by Gasteiger charge is 2.23. The van der Waals surface area contributed by atoms with E-state index in [1.165, 1.54) is 13.2 Å². The highest BCUT2D eigenvalue weighted by atomic mass is 19.1. The molecule has 1 amide bonds. The molecule has 0 atom stereocenters. The van der Waals surface area contributed by atoms with Crippen molar-refractivity contribution in [2.75, 3.05) is 26.5 Å². The monoisotopic (exact) mass is 457 g/mol. The number of nitrogens with two attached hydrogens (primary N) is 1. The van der Waals surface area contributed by atoms with Gasteiger partial charge in [-0.25, -0.2) is 4.39 Å². The number of aryl methyl sites for hydroxylation is 1. The van der Waals surface area contributed by atoms with Crippen LogP contribution in [0.15, 0.2) is 59.6 Å². The molecule has 2 rings (SSSR count). The van der Waals surface area contributed by atoms with E-state index in [0.717, 1.165) is 11.6 Å². The maximum Gasteiger partial charge on any atom is 0.256 e. The normalized spacial score (nSPS) is 11.5. The summed E-state index contributed by atoms with van der Waals surface area (Å²) in [6, 6.07) is 9.75. The summed E-state index contributed by atoms with van der Waals surface area (Å²) in [6.07, 6.45) is 1.56. The lowest BCUT2D eigenvalue weighted by Gasteiger charge is -2.24. The standard InChI is InChI=1S/C23H26FN3O4.C2H6/c1-14-9-10-17(16(24)13-14)26-23(27(3)4)21(22(25)29)20(11-12-28)31-19-8-6-7-18(30-5)15(19)2;1-2/h6-13,26H,1-5H3,(H2,25,29);1-2H3/b20-11+,23-21+;. The molecule has 0 aliphatic heterocycles. The minimum Gasteiger partial charge on any atom is -0.496 e. The van der Waals surface area contributed by atoms with Crippen LogP contribution in [0, 0.1) is 19.7 Å². The van der Waals surface area contributed by atoms with Gasteiger partial charge in [0.1, 0.15) is 40.8 Å². The maximum atomic E-state index is 14.4. The van der Waals surface area contributed by atoms with Crippen molar-refractivity contribution >= 4 is 17.9 Å². The quantitative estimate of drug-likeness (QED) is 0.252. The Kier molecular flexibility index (Phi) is 10.6. The van der Waals surface area contributed by atoms with Crippen molar-refractivity contribution in [3.63, 3.8) is 0 Å². The van der Waals surface area contributed by atoms with Crippen LogP contribution in [0.3, 0.4) is 0 Å². The SMILES string of the molecule is CC.COc1cccc(OC(=C/C=O)/C(C(N)=O)=C(/Nc2ccc(C)cc2F)N(C)C)c1C. The zero-order valence-electron chi connectivity index (χ0n) is 20.2. The Balaban J connectivity index is 0.00000265. The molecular formula is C25H32FN3O4. The van der Waals surface area contributed by atoms with Crippen molar-refractivity contribution < 1.29 is 23.5 Å². The molecule has 3 N–H and O–H groups in total. The van der Waals surface area contributed by atoms with Crippen LogP contribution in [-0.4, -0.2) is 38.3 Å². The van der Waals surface area contributed by atoms with Crippen LogP contribution in [0.2, 0.25) is 0 Å². The van der Waals surface area contributed by atoms with Crippen LogP contribution in [-0.2, 0) is 9.59 Å². The molecule has 2 aromatic rings. The van der Waals surface area contributed by atoms with Gasteiger partial charge in [-0.1, -0.05) is 26.0 Å². The lowest BCUT2D eigenvalue weighted by atomic mass is 10.1. The van der Waals surface area contributed by atoms with Gasteiger partial charge in [-0.2, -0.15) is 0 Å². The Morgan fingerprint density at radius 2 is 1.76 bits per heavy atom. The van der Waals surface area contributed by atoms with Gasteiger partial charge in [-0.05, 0) is 43.7 Å². The first kappa shape index (κ1) is 27.2. The molecule has 2 aromatic carbocycles. The van der Waals surface area contributed by atoms with E-state index >= 15 is 0 Å². The summed E-state index contributed by atoms with van der Waals surface area (Å²) < 4.78 is 25.6. The molecule has 0 aromatic heterocycles. The van der Waals surface area contributed by atoms with Crippen LogP contribution < -0.4 is 20.5 Å². The fourth-order valence-corrected chi connectivity index (χ4v) is 2.88. The van der Waals surface area contributed by atoms with E-state index in [1.807, 2.05) is 13.8 Å². The smallest absolute Gasteiger partial charge is 0.256 e. The van der Waals surface area contributed by atoms with Gasteiger partial charge in [0.15, 0.2) is 0 Å². The van der Waals surface area contributed by atoms with Gasteiger partial charge in [0.2, 0.25) is 0 Å². The summed E-state index contributed by atoms with van der Waals surface area (Å²) in [5.74, 6) is -0.372. The Morgan fingerprint density at radius 3 is 2.27 bits per heavy atom. The average molecular weight is 458 g/mol. The van der Waals surface area contributed by atoms with Crippen LogP contribution in [0.4, 0.5) is 10.1 Å². The maximum absolute atomic E-state index is 14.4. The largest absolute Gasteiger partial charge is 0.496 e. The molecule has 7 nitrogen and oxygen atoms in total. The number of carbonyl (C=O) groups excluding carboxylic acids is 2. The van der Waals surface area contributed by atoms with E-state index in [4.69, 9.17) is 15.2 Å². The predicted octanol–water partition coefficient (Wildman–Crippen LogP) is 4.31. The second-order valence-corrected chi connectivity index (χ2v) is 6.94. The molecule has 0 saturated carbocycles. The molecule has 8 heteroatoms. The van der Waals surface area contributed by atoms with Gasteiger partial charge in [0.05, 0.1) is 12.8 Å². The lowest BCUT2D eigenvalue weighted by molar-refractivity contribution is -0.114. The number of ether oxygens (including phenoxy) is 2. The first-order valence-corrected chi connectivity index (χ1v) is 10.4. The minimum absolute atomic E-state index is 0.0948. The zero-order valence-corrected chi connectivity index (χ0v) is 20.2. The number of amides is 1. The summed E-state index contributed by atoms with van der Waals surface area (Å²) in [5, 5.41) is 2.89. The van der Waals surface area contributed by atoms with Crippen molar-refractivity contribution in [3.05, 3.63) is 76.6 Å². The third kappa shape index (κ3) is 7.10. The number of methoxy groups -OCH3 is 1. The van der Waals surface area contributed by atoms with Gasteiger partial charge in [-0.15, -0.1) is 0 Å². The van der Waals surface area contributed by atoms with Gasteiger partial charge < -0.3 is 25.4 Å². The first-order valence-electron chi connectivity index (χ1n) is 10.4. The van der Waals surface area contributed by atoms with E-state index in [-0.39, 0.29) is 22.8 Å². The fraction of sp³-hybridized carbons (Fsp3) is 0.280. The molecule has 0 bridgehead atoms. The molecule has 0 aliphatic rings. The lowest BCUT2D eigenvalue weighted by Crippen LogP contribution is -2.29. The van der Waals surface area contributed by atoms with Crippen LogP contribution >= 0.6 is 0 Å². The average Bonchev–Trinajstić information content (AvgIpc) is 2.77. The fourth-order valence-electron chi connectivity index (χ4n) is 2.88. The molecular weight excluding hydrogens is 425 g/mol. The van der Waals surface area contributed by atoms with Crippen molar-refractivity contribution in [1.29, 1.82) is 0 Å². The third-order valence-electron chi connectivity index (χ3n) is 4.45. The number of benzene rings is 2. The van der Waals surface area contributed by atoms with E-state index in [0.29, 0.717) is 23.3 Å². The highest BCUT2D eigenvalue weighted by Crippen LogP contribution is 2.31. The first-order chi connectivity index (χ1) is 15.7. The van der Waals surface area contributed by atoms with Crippen molar-refractivity contribution in [2.45, 2.75) is 27.7 Å². The minimum atomic E-state index is -0.864. The molecule has 33 heavy (non-hydrogen) atoms. The Labute approximate surface area is 194 Å². The number of primary amides is 1. The predicted molar refractivity (Wildman–Crippen MR) is 129 cm³/mol. The Hall–Kier alpha value is -3.81. The molecule has 0 radical (unpaired) electrons. The summed E-state index contributed by atoms with van der Waals surface area (Å²) >= 11 is 0. The Bertz CT molecular complexity index is 1050. The molecule has 0 heterocycles. The highest BCUT2D eigenvalue weighted by molar-refractivity contribution is 5.98. The van der Waals surface area contributed by atoms with Gasteiger partial charge in [0.25, 0.3) is 5.91 Å². The zero-order chi connectivity index (χ0) is 25.1. The number of carbonyl (C=O) groups is 2. The number of anilines is 1. The molecule has 0 aliphatic carbocycles. The van der Waals surface area contributed by atoms with Gasteiger partial charge in [-0.3, -0.25) is 9.59 Å². The van der Waals surface area contributed by atoms with E-state index < -0.39 is 11.7 Å². The van der Waals surface area contributed by atoms with Crippen LogP contribution in [0.25, 0.3) is 0 Å². The number of rotatable bonds is 9. The van der Waals surface area contributed by atoms with E-state index in [9.17, 15) is 14.0 Å². The second kappa shape index (κ2) is 12.9. The summed E-state index contributed by atoms with van der Waals surface area (Å²) in [7, 11) is 4.81. The number of nitrogens with zero attached hydrogens (tertiary/aromatic N) is 1. The summed E-state index contributed by atoms with van der Waals surface area (Å²) in [5.41, 5.74) is 7.07. The van der Waals surface area contributed by atoms with Crippen molar-refractivity contribution in [2.24, 2.45) is 5.73 Å². The van der Waals surface area contributed by atoms with Crippen molar-refractivity contribution in [3.8, 4) is 11.5 Å². The van der Waals surface area contributed by atoms with Crippen molar-refractivity contribution in [1.82, 2.24) is 4.90 Å². The number of halogens is 1. The number of allylic oxidation sites excluding steroid dienone is 1. The topological polar surface area (TPSA) is 93.9 Å². The van der Waals surface area contributed by atoms with Gasteiger partial charge >= 0.3 is 0 Å². The van der Waals surface area contributed by atoms with Crippen LogP contribution in [0.1, 0.15) is 25.0 Å². The molecule has 0 fully saturated rings. The molecule has 0 unspecified atom stereocenters. The second-order valence-electron chi connectivity index (χ2n) is 6.94. The third-order valence-corrected chi connectivity index (χ3v) is 4.45.